The van der Waals surface area contributed by atoms with Crippen LogP contribution in [0.4, 0.5) is 0 Å². The van der Waals surface area contributed by atoms with Gasteiger partial charge in [0.15, 0.2) is 6.04 Å². The molecule has 0 aromatic carbocycles. The summed E-state index contributed by atoms with van der Waals surface area (Å²) in [6.45, 7) is 5.03. The van der Waals surface area contributed by atoms with Crippen LogP contribution in [0.3, 0.4) is 0 Å². The van der Waals surface area contributed by atoms with Gasteiger partial charge in [-0.05, 0) is 20.8 Å². The zero-order valence-electron chi connectivity index (χ0n) is 9.66. The number of carbonyl (C=O) groups excluding carboxylic acids is 1. The first-order valence-corrected chi connectivity index (χ1v) is 5.76. The first-order chi connectivity index (χ1) is 7.90. The van der Waals surface area contributed by atoms with E-state index in [0.717, 1.165) is 4.68 Å². The molecule has 1 unspecified atom stereocenters. The maximum atomic E-state index is 11.8. The molecule has 0 fully saturated rings. The van der Waals surface area contributed by atoms with E-state index in [1.807, 2.05) is 0 Å². The normalized spacial score (nSPS) is 12.3. The monoisotopic (exact) mass is 278 g/mol. The van der Waals surface area contributed by atoms with Crippen molar-refractivity contribution in [2.75, 3.05) is 6.61 Å². The second-order valence-corrected chi connectivity index (χ2v) is 4.15. The lowest BCUT2D eigenvalue weighted by molar-refractivity contribution is -0.147. The first-order valence-electron chi connectivity index (χ1n) is 5.01. The number of carbonyl (C=O) groups is 1. The van der Waals surface area contributed by atoms with Crippen molar-refractivity contribution in [2.45, 2.75) is 26.8 Å². The van der Waals surface area contributed by atoms with Crippen molar-refractivity contribution in [1.82, 2.24) is 9.78 Å². The number of rotatable bonds is 3. The minimum Gasteiger partial charge on any atom is -0.464 e. The Bertz CT molecular complexity index is 499. The molecule has 1 rings (SSSR count). The van der Waals surface area contributed by atoms with Crippen molar-refractivity contribution < 1.29 is 9.53 Å². The Labute approximate surface area is 108 Å². The van der Waals surface area contributed by atoms with Crippen LogP contribution < -0.4 is 5.56 Å². The van der Waals surface area contributed by atoms with Crippen molar-refractivity contribution in [1.29, 1.82) is 0 Å². The average Bonchev–Trinajstić information content (AvgIpc) is 2.30. The molecule has 0 saturated carbocycles. The Morgan fingerprint density at radius 1 is 1.47 bits per heavy atom. The molecule has 0 aliphatic carbocycles. The Hall–Kier alpha value is -1.07. The fourth-order valence-electron chi connectivity index (χ4n) is 1.23. The van der Waals surface area contributed by atoms with E-state index in [-0.39, 0.29) is 16.7 Å². The van der Waals surface area contributed by atoms with E-state index >= 15 is 0 Å². The molecule has 1 aromatic heterocycles. The van der Waals surface area contributed by atoms with Gasteiger partial charge in [0.1, 0.15) is 5.02 Å². The summed E-state index contributed by atoms with van der Waals surface area (Å²) in [5.74, 6) is -0.542. The minimum atomic E-state index is -0.837. The SMILES string of the molecule is CCOC(=O)C(C)n1nc(C)c(Cl)c(Cl)c1=O. The van der Waals surface area contributed by atoms with Gasteiger partial charge in [0, 0.05) is 0 Å². The molecule has 1 aromatic rings. The Morgan fingerprint density at radius 2 is 2.06 bits per heavy atom. The molecule has 1 heterocycles. The van der Waals surface area contributed by atoms with Gasteiger partial charge < -0.3 is 4.74 Å². The third-order valence-corrected chi connectivity index (χ3v) is 3.07. The topological polar surface area (TPSA) is 61.2 Å². The lowest BCUT2D eigenvalue weighted by Gasteiger charge is -2.14. The summed E-state index contributed by atoms with van der Waals surface area (Å²) in [5.41, 5.74) is -0.227. The quantitative estimate of drug-likeness (QED) is 0.794. The summed E-state index contributed by atoms with van der Waals surface area (Å²) in [5, 5.41) is 3.88. The zero-order chi connectivity index (χ0) is 13.2. The molecule has 5 nitrogen and oxygen atoms in total. The lowest BCUT2D eigenvalue weighted by atomic mass is 10.3. The second kappa shape index (κ2) is 5.51. The van der Waals surface area contributed by atoms with Gasteiger partial charge in [-0.1, -0.05) is 23.2 Å². The summed E-state index contributed by atoms with van der Waals surface area (Å²) in [6, 6.07) is -0.837. The van der Waals surface area contributed by atoms with Gasteiger partial charge in [-0.3, -0.25) is 4.79 Å². The number of nitrogens with zero attached hydrogens (tertiary/aromatic N) is 2. The highest BCUT2D eigenvalue weighted by molar-refractivity contribution is 6.42. The third kappa shape index (κ3) is 2.79. The minimum absolute atomic E-state index is 0.101. The molecule has 0 radical (unpaired) electrons. The van der Waals surface area contributed by atoms with Crippen molar-refractivity contribution in [3.05, 3.63) is 26.1 Å². The predicted molar refractivity (Wildman–Crippen MR) is 64.6 cm³/mol. The summed E-state index contributed by atoms with van der Waals surface area (Å²) in [4.78, 5) is 23.3. The standard InChI is InChI=1S/C10H12Cl2N2O3/c1-4-17-10(16)6(3)14-9(15)8(12)7(11)5(2)13-14/h6H,4H2,1-3H3. The highest BCUT2D eigenvalue weighted by Gasteiger charge is 2.21. The molecular formula is C10H12Cl2N2O3. The molecule has 0 amide bonds. The first kappa shape index (κ1) is 14.0. The third-order valence-electron chi connectivity index (χ3n) is 2.16. The summed E-state index contributed by atoms with van der Waals surface area (Å²) in [6.07, 6.45) is 0. The number of hydrogen-bond acceptors (Lipinski definition) is 4. The molecule has 1 atom stereocenters. The maximum Gasteiger partial charge on any atom is 0.330 e. The Balaban J connectivity index is 3.24. The predicted octanol–water partition coefficient (Wildman–Crippen LogP) is 1.98. The van der Waals surface area contributed by atoms with E-state index in [1.54, 1.807) is 13.8 Å². The second-order valence-electron chi connectivity index (χ2n) is 3.39. The van der Waals surface area contributed by atoms with Gasteiger partial charge in [0.05, 0.1) is 17.3 Å². The van der Waals surface area contributed by atoms with Crippen LogP contribution in [-0.2, 0) is 9.53 Å². The summed E-state index contributed by atoms with van der Waals surface area (Å²) < 4.78 is 5.78. The fraction of sp³-hybridized carbons (Fsp3) is 0.500. The summed E-state index contributed by atoms with van der Waals surface area (Å²) in [7, 11) is 0. The lowest BCUT2D eigenvalue weighted by Crippen LogP contribution is -2.32. The van der Waals surface area contributed by atoms with Crippen LogP contribution in [0.25, 0.3) is 0 Å². The molecule has 0 saturated heterocycles. The van der Waals surface area contributed by atoms with E-state index in [9.17, 15) is 9.59 Å². The number of hydrogen-bond donors (Lipinski definition) is 0. The van der Waals surface area contributed by atoms with Crippen LogP contribution in [0, 0.1) is 6.92 Å². The van der Waals surface area contributed by atoms with Crippen LogP contribution in [0.1, 0.15) is 25.6 Å². The Morgan fingerprint density at radius 3 is 2.59 bits per heavy atom. The smallest absolute Gasteiger partial charge is 0.330 e. The van der Waals surface area contributed by atoms with E-state index < -0.39 is 17.6 Å². The number of aromatic nitrogens is 2. The number of aryl methyl sites for hydroxylation is 1. The van der Waals surface area contributed by atoms with Gasteiger partial charge in [0.2, 0.25) is 0 Å². The van der Waals surface area contributed by atoms with Crippen LogP contribution in [-0.4, -0.2) is 22.4 Å². The zero-order valence-corrected chi connectivity index (χ0v) is 11.2. The molecule has 17 heavy (non-hydrogen) atoms. The van der Waals surface area contributed by atoms with Gasteiger partial charge >= 0.3 is 5.97 Å². The van der Waals surface area contributed by atoms with E-state index in [0.29, 0.717) is 5.69 Å². The number of halogens is 2. The van der Waals surface area contributed by atoms with Crippen molar-refractivity contribution in [3.8, 4) is 0 Å². The highest BCUT2D eigenvalue weighted by Crippen LogP contribution is 2.20. The highest BCUT2D eigenvalue weighted by atomic mass is 35.5. The maximum absolute atomic E-state index is 11.8. The van der Waals surface area contributed by atoms with Crippen molar-refractivity contribution in [2.24, 2.45) is 0 Å². The largest absolute Gasteiger partial charge is 0.464 e. The average molecular weight is 279 g/mol. The fourth-order valence-corrected chi connectivity index (χ4v) is 1.57. The van der Waals surface area contributed by atoms with Crippen LogP contribution in [0.15, 0.2) is 4.79 Å². The van der Waals surface area contributed by atoms with Gasteiger partial charge in [-0.2, -0.15) is 5.10 Å². The van der Waals surface area contributed by atoms with Crippen LogP contribution in [0.2, 0.25) is 10.0 Å². The molecule has 7 heteroatoms. The molecular weight excluding hydrogens is 267 g/mol. The van der Waals surface area contributed by atoms with Crippen LogP contribution in [0.5, 0.6) is 0 Å². The van der Waals surface area contributed by atoms with Gasteiger partial charge in [-0.15, -0.1) is 0 Å². The van der Waals surface area contributed by atoms with Crippen LogP contribution >= 0.6 is 23.2 Å². The molecule has 0 bridgehead atoms. The van der Waals surface area contributed by atoms with E-state index in [1.165, 1.54) is 6.92 Å². The number of ether oxygens (including phenoxy) is 1. The van der Waals surface area contributed by atoms with Gasteiger partial charge in [-0.25, -0.2) is 9.48 Å². The van der Waals surface area contributed by atoms with E-state index in [2.05, 4.69) is 5.10 Å². The molecule has 94 valence electrons. The molecule has 0 aliphatic heterocycles. The van der Waals surface area contributed by atoms with Gasteiger partial charge in [0.25, 0.3) is 5.56 Å². The van der Waals surface area contributed by atoms with Crippen molar-refractivity contribution >= 4 is 29.2 Å². The summed E-state index contributed by atoms with van der Waals surface area (Å²) >= 11 is 11.5. The molecule has 0 N–H and O–H groups in total. The van der Waals surface area contributed by atoms with E-state index in [4.69, 9.17) is 27.9 Å². The molecule has 0 spiro atoms. The Kier molecular flexibility index (Phi) is 4.54. The van der Waals surface area contributed by atoms with Crippen molar-refractivity contribution in [3.63, 3.8) is 0 Å². The molecule has 0 aliphatic rings. The number of esters is 1.